The molecule has 144 valence electrons. The number of nitrogens with two attached hydrogens (primary N) is 1. The van der Waals surface area contributed by atoms with Gasteiger partial charge in [0, 0.05) is 25.4 Å². The highest BCUT2D eigenvalue weighted by Crippen LogP contribution is 2.66. The second kappa shape index (κ2) is 6.47. The molecule has 26 heavy (non-hydrogen) atoms. The monoisotopic (exact) mass is 358 g/mol. The fourth-order valence-corrected chi connectivity index (χ4v) is 7.31. The van der Waals surface area contributed by atoms with E-state index in [1.54, 1.807) is 0 Å². The summed E-state index contributed by atoms with van der Waals surface area (Å²) in [7, 11) is 0. The maximum Gasteiger partial charge on any atom is 0.223 e. The number of allylic oxidation sites excluding steroid dienone is 1. The molecule has 0 aromatic heterocycles. The molecule has 1 unspecified atom stereocenters. The van der Waals surface area contributed by atoms with Gasteiger partial charge in [0.25, 0.3) is 0 Å². The number of carbonyl (C=O) groups is 2. The van der Waals surface area contributed by atoms with Gasteiger partial charge >= 0.3 is 0 Å². The lowest BCUT2D eigenvalue weighted by Gasteiger charge is -2.58. The van der Waals surface area contributed by atoms with Gasteiger partial charge in [0.2, 0.25) is 5.91 Å². The Hall–Kier alpha value is -1.16. The lowest BCUT2D eigenvalue weighted by Crippen LogP contribution is -2.52. The predicted octanol–water partition coefficient (Wildman–Crippen LogP) is 3.21. The average Bonchev–Trinajstić information content (AvgIpc) is 2.97. The van der Waals surface area contributed by atoms with Crippen molar-refractivity contribution in [3.63, 3.8) is 0 Å². The van der Waals surface area contributed by atoms with Crippen LogP contribution in [0.5, 0.6) is 0 Å². The molecule has 0 bridgehead atoms. The van der Waals surface area contributed by atoms with Gasteiger partial charge in [-0.05, 0) is 79.6 Å². The molecule has 0 aromatic carbocycles. The van der Waals surface area contributed by atoms with E-state index in [1.165, 1.54) is 24.8 Å². The second-order valence-corrected chi connectivity index (χ2v) is 9.72. The number of carbonyl (C=O) groups excluding carboxylic acids is 2. The summed E-state index contributed by atoms with van der Waals surface area (Å²) in [6.45, 7) is 5.90. The van der Waals surface area contributed by atoms with Crippen molar-refractivity contribution in [1.29, 1.82) is 0 Å². The number of amides is 1. The summed E-state index contributed by atoms with van der Waals surface area (Å²) in [5.41, 5.74) is 7.36. The minimum atomic E-state index is 0.141. The standard InChI is InChI=1S/C22H34N2O2/c1-21-9-7-15(25)13-14(21)3-4-16-17-5-6-19(20(26)24-12-11-23)22(17,2)10-8-18(16)21/h13,16-19H,3-12,23H2,1-2H3,(H,24,26)/t16-,17-,18+,19?,21-,22-/m0/s1. The smallest absolute Gasteiger partial charge is 0.223 e. The topological polar surface area (TPSA) is 72.2 Å². The van der Waals surface area contributed by atoms with Gasteiger partial charge in [0.15, 0.2) is 5.78 Å². The first-order valence-electron chi connectivity index (χ1n) is 10.6. The van der Waals surface area contributed by atoms with Gasteiger partial charge in [-0.2, -0.15) is 0 Å². The van der Waals surface area contributed by atoms with Gasteiger partial charge in [-0.1, -0.05) is 19.4 Å². The third-order valence-corrected chi connectivity index (χ3v) is 8.72. The van der Waals surface area contributed by atoms with Gasteiger partial charge in [-0.3, -0.25) is 9.59 Å². The van der Waals surface area contributed by atoms with E-state index in [1.807, 2.05) is 6.08 Å². The maximum atomic E-state index is 12.7. The van der Waals surface area contributed by atoms with E-state index in [0.717, 1.165) is 38.0 Å². The fraction of sp³-hybridized carbons (Fsp3) is 0.818. The van der Waals surface area contributed by atoms with Crippen LogP contribution in [0.1, 0.15) is 65.2 Å². The molecule has 4 aliphatic carbocycles. The second-order valence-electron chi connectivity index (χ2n) is 9.72. The van der Waals surface area contributed by atoms with Crippen LogP contribution in [0.25, 0.3) is 0 Å². The molecule has 1 amide bonds. The number of hydrogen-bond acceptors (Lipinski definition) is 3. The Labute approximate surface area is 157 Å². The van der Waals surface area contributed by atoms with E-state index >= 15 is 0 Å². The number of fused-ring (bicyclic) bond motifs is 5. The normalized spacial score (nSPS) is 44.6. The van der Waals surface area contributed by atoms with Crippen LogP contribution < -0.4 is 11.1 Å². The molecule has 0 heterocycles. The Morgan fingerprint density at radius 3 is 2.73 bits per heavy atom. The molecule has 4 heteroatoms. The third kappa shape index (κ3) is 2.59. The molecule has 4 nitrogen and oxygen atoms in total. The number of rotatable bonds is 3. The first kappa shape index (κ1) is 18.2. The largest absolute Gasteiger partial charge is 0.355 e. The Bertz CT molecular complexity index is 642. The summed E-state index contributed by atoms with van der Waals surface area (Å²) < 4.78 is 0. The van der Waals surface area contributed by atoms with Crippen LogP contribution in [0.4, 0.5) is 0 Å². The van der Waals surface area contributed by atoms with Crippen molar-refractivity contribution >= 4 is 11.7 Å². The van der Waals surface area contributed by atoms with E-state index < -0.39 is 0 Å². The molecule has 3 fully saturated rings. The Balaban J connectivity index is 1.57. The quantitative estimate of drug-likeness (QED) is 0.814. The van der Waals surface area contributed by atoms with Crippen molar-refractivity contribution in [3.05, 3.63) is 11.6 Å². The first-order valence-corrected chi connectivity index (χ1v) is 10.6. The third-order valence-electron chi connectivity index (χ3n) is 8.72. The Morgan fingerprint density at radius 1 is 1.15 bits per heavy atom. The molecule has 0 aromatic rings. The first-order chi connectivity index (χ1) is 12.4. The van der Waals surface area contributed by atoms with Crippen molar-refractivity contribution in [3.8, 4) is 0 Å². The summed E-state index contributed by atoms with van der Waals surface area (Å²) in [5.74, 6) is 2.78. The molecule has 0 aliphatic heterocycles. The number of hydrogen-bond donors (Lipinski definition) is 2. The molecular formula is C22H34N2O2. The zero-order chi connectivity index (χ0) is 18.5. The van der Waals surface area contributed by atoms with Crippen molar-refractivity contribution in [1.82, 2.24) is 5.32 Å². The van der Waals surface area contributed by atoms with Gasteiger partial charge in [-0.15, -0.1) is 0 Å². The molecule has 6 atom stereocenters. The van der Waals surface area contributed by atoms with Crippen molar-refractivity contribution < 1.29 is 9.59 Å². The number of ketones is 1. The highest BCUT2D eigenvalue weighted by Gasteiger charge is 2.60. The molecule has 4 rings (SSSR count). The summed E-state index contributed by atoms with van der Waals surface area (Å²) >= 11 is 0. The van der Waals surface area contributed by atoms with Gasteiger partial charge in [0.1, 0.15) is 0 Å². The lowest BCUT2D eigenvalue weighted by molar-refractivity contribution is -0.132. The molecule has 4 aliphatic rings. The van der Waals surface area contributed by atoms with Crippen molar-refractivity contribution in [2.75, 3.05) is 13.1 Å². The zero-order valence-corrected chi connectivity index (χ0v) is 16.4. The van der Waals surface area contributed by atoms with Gasteiger partial charge in [0.05, 0.1) is 0 Å². The van der Waals surface area contributed by atoms with Gasteiger partial charge < -0.3 is 11.1 Å². The minimum Gasteiger partial charge on any atom is -0.355 e. The summed E-state index contributed by atoms with van der Waals surface area (Å²) in [4.78, 5) is 24.7. The minimum absolute atomic E-state index is 0.141. The average molecular weight is 359 g/mol. The molecule has 0 radical (unpaired) electrons. The van der Waals surface area contributed by atoms with Gasteiger partial charge in [-0.25, -0.2) is 0 Å². The van der Waals surface area contributed by atoms with Crippen LogP contribution in [-0.4, -0.2) is 24.8 Å². The van der Waals surface area contributed by atoms with E-state index in [-0.39, 0.29) is 22.7 Å². The van der Waals surface area contributed by atoms with E-state index in [0.29, 0.717) is 30.7 Å². The Kier molecular flexibility index (Phi) is 4.53. The van der Waals surface area contributed by atoms with Crippen molar-refractivity contribution in [2.45, 2.75) is 65.2 Å². The van der Waals surface area contributed by atoms with Crippen molar-refractivity contribution in [2.24, 2.45) is 40.2 Å². The molecule has 3 saturated carbocycles. The zero-order valence-electron chi connectivity index (χ0n) is 16.4. The van der Waals surface area contributed by atoms with Crippen LogP contribution in [-0.2, 0) is 9.59 Å². The summed E-state index contributed by atoms with van der Waals surface area (Å²) in [6.07, 6.45) is 10.6. The van der Waals surface area contributed by atoms with Crippen LogP contribution >= 0.6 is 0 Å². The molecule has 0 spiro atoms. The lowest BCUT2D eigenvalue weighted by atomic mass is 9.47. The van der Waals surface area contributed by atoms with Crippen LogP contribution in [0, 0.1) is 34.5 Å². The van der Waals surface area contributed by atoms with Crippen LogP contribution in [0.3, 0.4) is 0 Å². The van der Waals surface area contributed by atoms with Crippen LogP contribution in [0.2, 0.25) is 0 Å². The van der Waals surface area contributed by atoms with E-state index in [4.69, 9.17) is 5.73 Å². The van der Waals surface area contributed by atoms with E-state index in [2.05, 4.69) is 19.2 Å². The molecular weight excluding hydrogens is 324 g/mol. The SMILES string of the molecule is C[C@]12CCC(=O)C=C1CC[C@@H]1[C@H]2CC[C@]2(C)C(C(=O)NCCN)CC[C@@H]12. The number of nitrogens with one attached hydrogen (secondary N) is 1. The summed E-state index contributed by atoms with van der Waals surface area (Å²) in [5, 5.41) is 3.05. The predicted molar refractivity (Wildman–Crippen MR) is 102 cm³/mol. The summed E-state index contributed by atoms with van der Waals surface area (Å²) in [6, 6.07) is 0. The molecule has 0 saturated heterocycles. The fourth-order valence-electron chi connectivity index (χ4n) is 7.31. The Morgan fingerprint density at radius 2 is 1.96 bits per heavy atom. The maximum absolute atomic E-state index is 12.7. The van der Waals surface area contributed by atoms with Crippen LogP contribution in [0.15, 0.2) is 11.6 Å². The molecule has 3 N–H and O–H groups in total. The van der Waals surface area contributed by atoms with E-state index in [9.17, 15) is 9.59 Å². The highest BCUT2D eigenvalue weighted by molar-refractivity contribution is 5.91. The highest BCUT2D eigenvalue weighted by atomic mass is 16.2.